The maximum atomic E-state index is 12.5. The monoisotopic (exact) mass is 455 g/mol. The molecule has 2 aliphatic heterocycles. The van der Waals surface area contributed by atoms with Crippen molar-refractivity contribution in [1.82, 2.24) is 0 Å². The van der Waals surface area contributed by atoms with Crippen molar-refractivity contribution in [2.45, 2.75) is 18.2 Å². The van der Waals surface area contributed by atoms with E-state index in [0.717, 1.165) is 17.1 Å². The molecule has 2 aromatic carbocycles. The predicted molar refractivity (Wildman–Crippen MR) is 125 cm³/mol. The van der Waals surface area contributed by atoms with Crippen molar-refractivity contribution >= 4 is 51.7 Å². The summed E-state index contributed by atoms with van der Waals surface area (Å²) >= 11 is 2.63. The van der Waals surface area contributed by atoms with Gasteiger partial charge < -0.3 is 14.4 Å². The number of anilines is 2. The minimum absolute atomic E-state index is 0.0397. The Morgan fingerprint density at radius 3 is 2.23 bits per heavy atom. The fourth-order valence-corrected chi connectivity index (χ4v) is 6.46. The summed E-state index contributed by atoms with van der Waals surface area (Å²) in [7, 11) is 2.93. The third-order valence-electron chi connectivity index (χ3n) is 4.88. The molecule has 31 heavy (non-hydrogen) atoms. The SMILES string of the molecule is COC(=O)C1=NN(c2ccc(OC)cc2)C2(S1)SC(C(C)=O)=C(C)N2c1ccccc1. The molecule has 1 atom stereocenters. The zero-order valence-electron chi connectivity index (χ0n) is 17.5. The second-order valence-corrected chi connectivity index (χ2v) is 9.40. The van der Waals surface area contributed by atoms with Gasteiger partial charge in [-0.3, -0.25) is 4.79 Å². The summed E-state index contributed by atoms with van der Waals surface area (Å²) in [6, 6.07) is 17.2. The van der Waals surface area contributed by atoms with Crippen LogP contribution in [0.4, 0.5) is 11.4 Å². The van der Waals surface area contributed by atoms with E-state index in [0.29, 0.717) is 10.7 Å². The van der Waals surface area contributed by atoms with Crippen LogP contribution in [0.5, 0.6) is 5.75 Å². The largest absolute Gasteiger partial charge is 0.497 e. The van der Waals surface area contributed by atoms with Crippen molar-refractivity contribution in [1.29, 1.82) is 0 Å². The normalized spacial score (nSPS) is 20.3. The topological polar surface area (TPSA) is 71.4 Å². The first-order chi connectivity index (χ1) is 14.9. The van der Waals surface area contributed by atoms with Gasteiger partial charge in [-0.25, -0.2) is 9.80 Å². The number of nitrogens with zero attached hydrogens (tertiary/aromatic N) is 3. The van der Waals surface area contributed by atoms with Gasteiger partial charge >= 0.3 is 5.97 Å². The molecular formula is C22H21N3O4S2. The number of hydrogen-bond donors (Lipinski definition) is 0. The molecule has 2 aliphatic rings. The predicted octanol–water partition coefficient (Wildman–Crippen LogP) is 4.42. The Balaban J connectivity index is 1.89. The summed E-state index contributed by atoms with van der Waals surface area (Å²) in [4.78, 5) is 27.6. The average Bonchev–Trinajstić information content (AvgIpc) is 3.31. The summed E-state index contributed by atoms with van der Waals surface area (Å²) in [6.45, 7) is 3.46. The van der Waals surface area contributed by atoms with Crippen molar-refractivity contribution in [3.63, 3.8) is 0 Å². The minimum Gasteiger partial charge on any atom is -0.497 e. The number of ether oxygens (including phenoxy) is 2. The Hall–Kier alpha value is -2.91. The molecule has 2 aromatic rings. The molecule has 0 fully saturated rings. The summed E-state index contributed by atoms with van der Waals surface area (Å²) in [6.07, 6.45) is 0. The van der Waals surface area contributed by atoms with E-state index in [1.807, 2.05) is 66.4 Å². The van der Waals surface area contributed by atoms with Crippen molar-refractivity contribution in [3.8, 4) is 5.75 Å². The highest BCUT2D eigenvalue weighted by atomic mass is 32.2. The second-order valence-electron chi connectivity index (χ2n) is 6.80. The molecule has 0 radical (unpaired) electrons. The number of rotatable bonds is 5. The number of Topliss-reactive ketones (excluding diaryl/α,β-unsaturated/α-hetero) is 1. The highest BCUT2D eigenvalue weighted by Gasteiger charge is 2.57. The standard InChI is InChI=1S/C22H21N3O4S2/c1-14-19(15(2)26)30-22(24(14)16-8-6-5-7-9-16)25(23-20(31-22)21(27)29-4)17-10-12-18(28-3)13-11-17/h5-13H,1-4H3. The van der Waals surface area contributed by atoms with Crippen LogP contribution >= 0.6 is 23.5 Å². The number of hydrogen-bond acceptors (Lipinski definition) is 9. The zero-order valence-corrected chi connectivity index (χ0v) is 19.1. The summed E-state index contributed by atoms with van der Waals surface area (Å²) in [5.74, 6) is 0.143. The number of ketones is 1. The highest BCUT2D eigenvalue weighted by molar-refractivity contribution is 8.29. The lowest BCUT2D eigenvalue weighted by atomic mass is 10.2. The molecule has 0 N–H and O–H groups in total. The van der Waals surface area contributed by atoms with Gasteiger partial charge in [-0.05, 0) is 62.0 Å². The van der Waals surface area contributed by atoms with Crippen molar-refractivity contribution < 1.29 is 19.1 Å². The lowest BCUT2D eigenvalue weighted by molar-refractivity contribution is -0.132. The first-order valence-electron chi connectivity index (χ1n) is 9.47. The van der Waals surface area contributed by atoms with Gasteiger partial charge in [-0.15, -0.1) is 0 Å². The highest BCUT2D eigenvalue weighted by Crippen LogP contribution is 2.60. The third kappa shape index (κ3) is 3.57. The van der Waals surface area contributed by atoms with Crippen LogP contribution in [0.2, 0.25) is 0 Å². The van der Waals surface area contributed by atoms with Gasteiger partial charge in [0, 0.05) is 11.4 Å². The molecule has 9 heteroatoms. The van der Waals surface area contributed by atoms with Crippen LogP contribution in [0.15, 0.2) is 70.3 Å². The molecule has 7 nitrogen and oxygen atoms in total. The van der Waals surface area contributed by atoms with Crippen LogP contribution in [0.1, 0.15) is 13.8 Å². The van der Waals surface area contributed by atoms with E-state index in [2.05, 4.69) is 5.10 Å². The molecule has 4 rings (SSSR count). The molecule has 160 valence electrons. The van der Waals surface area contributed by atoms with Gasteiger partial charge in [0.1, 0.15) is 5.75 Å². The van der Waals surface area contributed by atoms with Gasteiger partial charge in [-0.2, -0.15) is 5.10 Å². The van der Waals surface area contributed by atoms with Crippen LogP contribution in [0.25, 0.3) is 0 Å². The molecule has 1 unspecified atom stereocenters. The zero-order chi connectivity index (χ0) is 22.2. The number of benzene rings is 2. The maximum Gasteiger partial charge on any atom is 0.365 e. The second kappa shape index (κ2) is 8.32. The molecule has 0 saturated carbocycles. The van der Waals surface area contributed by atoms with Crippen molar-refractivity contribution in [3.05, 3.63) is 65.2 Å². The number of methoxy groups -OCH3 is 2. The summed E-state index contributed by atoms with van der Waals surface area (Å²) < 4.78 is 9.29. The van der Waals surface area contributed by atoms with Gasteiger partial charge in [0.25, 0.3) is 0 Å². The van der Waals surface area contributed by atoms with Gasteiger partial charge in [0.05, 0.1) is 24.8 Å². The van der Waals surface area contributed by atoms with E-state index in [1.165, 1.54) is 30.6 Å². The van der Waals surface area contributed by atoms with E-state index < -0.39 is 10.3 Å². The van der Waals surface area contributed by atoms with E-state index in [-0.39, 0.29) is 10.8 Å². The lowest BCUT2D eigenvalue weighted by Gasteiger charge is -2.41. The summed E-state index contributed by atoms with van der Waals surface area (Å²) in [5, 5.41) is 6.60. The van der Waals surface area contributed by atoms with E-state index in [4.69, 9.17) is 9.47 Å². The average molecular weight is 456 g/mol. The van der Waals surface area contributed by atoms with Crippen LogP contribution in [-0.4, -0.2) is 35.3 Å². The molecule has 0 amide bonds. The number of hydrazone groups is 1. The molecule has 2 heterocycles. The first-order valence-corrected chi connectivity index (χ1v) is 11.1. The Kier molecular flexibility index (Phi) is 5.72. The molecular weight excluding hydrogens is 434 g/mol. The maximum absolute atomic E-state index is 12.5. The quantitative estimate of drug-likeness (QED) is 0.614. The molecule has 0 bridgehead atoms. The van der Waals surface area contributed by atoms with Gasteiger partial charge in [0.2, 0.25) is 9.37 Å². The van der Waals surface area contributed by atoms with Crippen LogP contribution in [-0.2, 0) is 14.3 Å². The van der Waals surface area contributed by atoms with Crippen molar-refractivity contribution in [2.75, 3.05) is 24.1 Å². The van der Waals surface area contributed by atoms with Gasteiger partial charge in [0.15, 0.2) is 5.78 Å². The van der Waals surface area contributed by atoms with Crippen LogP contribution < -0.4 is 14.6 Å². The van der Waals surface area contributed by atoms with Gasteiger partial charge in [-0.1, -0.05) is 30.0 Å². The molecule has 0 saturated heterocycles. The number of carbonyl (C=O) groups is 2. The Labute approximate surface area is 189 Å². The van der Waals surface area contributed by atoms with E-state index in [9.17, 15) is 9.59 Å². The fourth-order valence-electron chi connectivity index (χ4n) is 3.49. The number of thioether (sulfide) groups is 2. The third-order valence-corrected chi connectivity index (χ3v) is 7.85. The lowest BCUT2D eigenvalue weighted by Crippen LogP contribution is -2.49. The Morgan fingerprint density at radius 2 is 1.65 bits per heavy atom. The number of esters is 1. The molecule has 0 aromatic heterocycles. The minimum atomic E-state index is -0.940. The Bertz CT molecular complexity index is 1090. The number of para-hydroxylation sites is 1. The number of allylic oxidation sites excluding steroid dienone is 2. The van der Waals surface area contributed by atoms with Crippen molar-refractivity contribution in [2.24, 2.45) is 5.10 Å². The number of carbonyl (C=O) groups excluding carboxylic acids is 2. The summed E-state index contributed by atoms with van der Waals surface area (Å²) in [5.41, 5.74) is 2.44. The van der Waals surface area contributed by atoms with E-state index in [1.54, 1.807) is 19.0 Å². The first kappa shape index (κ1) is 21.3. The van der Waals surface area contributed by atoms with Crippen LogP contribution in [0, 0.1) is 0 Å². The molecule has 1 spiro atoms. The molecule has 0 aliphatic carbocycles. The van der Waals surface area contributed by atoms with E-state index >= 15 is 0 Å². The fraction of sp³-hybridized carbons (Fsp3) is 0.227. The van der Waals surface area contributed by atoms with Crippen LogP contribution in [0.3, 0.4) is 0 Å². The Morgan fingerprint density at radius 1 is 0.968 bits per heavy atom. The smallest absolute Gasteiger partial charge is 0.365 e.